The van der Waals surface area contributed by atoms with Crippen molar-refractivity contribution >= 4 is 19.6 Å². The molecule has 198 valence electrons. The van der Waals surface area contributed by atoms with Crippen LogP contribution in [0, 0.1) is 5.82 Å². The van der Waals surface area contributed by atoms with Crippen molar-refractivity contribution in [3.05, 3.63) is 42.3 Å². The first-order valence-electron chi connectivity index (χ1n) is 11.0. The van der Waals surface area contributed by atoms with Crippen molar-refractivity contribution < 1.29 is 50.3 Å². The lowest BCUT2D eigenvalue weighted by Crippen LogP contribution is -2.68. The van der Waals surface area contributed by atoms with E-state index in [0.717, 1.165) is 25.0 Å². The summed E-state index contributed by atoms with van der Waals surface area (Å²) < 4.78 is 88.9. The lowest BCUT2D eigenvalue weighted by atomic mass is 10.0. The number of pyridine rings is 1. The fourth-order valence-electron chi connectivity index (χ4n) is 4.41. The molecule has 38 heavy (non-hydrogen) atoms. The van der Waals surface area contributed by atoms with E-state index in [1.807, 2.05) is 0 Å². The summed E-state index contributed by atoms with van der Waals surface area (Å²) in [5.41, 5.74) is 0.270. The fraction of sp³-hybridized carbons (Fsp3) is 0.350. The summed E-state index contributed by atoms with van der Waals surface area (Å²) in [5, 5.41) is 21.2. The van der Waals surface area contributed by atoms with E-state index >= 15 is 4.39 Å². The first-order chi connectivity index (χ1) is 18.0. The van der Waals surface area contributed by atoms with E-state index in [0.29, 0.717) is 17.1 Å². The van der Waals surface area contributed by atoms with Crippen molar-refractivity contribution in [3.63, 3.8) is 0 Å². The molecule has 13 nitrogen and oxygen atoms in total. The summed E-state index contributed by atoms with van der Waals surface area (Å²) in [6.45, 7) is 0. The van der Waals surface area contributed by atoms with Crippen LogP contribution in [0.15, 0.2) is 36.5 Å². The number of anilines is 1. The van der Waals surface area contributed by atoms with Crippen molar-refractivity contribution in [3.8, 4) is 22.6 Å². The fourth-order valence-corrected chi connectivity index (χ4v) is 6.09. The van der Waals surface area contributed by atoms with Crippen LogP contribution in [-0.2, 0) is 22.9 Å². The maximum Gasteiger partial charge on any atom is 0.487 e. The summed E-state index contributed by atoms with van der Waals surface area (Å²) in [6.07, 6.45) is -2.25. The van der Waals surface area contributed by atoms with E-state index in [9.17, 15) is 22.5 Å². The van der Waals surface area contributed by atoms with Crippen LogP contribution >= 0.6 is 7.82 Å². The van der Waals surface area contributed by atoms with Crippen LogP contribution in [0.5, 0.6) is 0 Å². The number of tetrazole rings is 1. The van der Waals surface area contributed by atoms with Crippen molar-refractivity contribution in [2.24, 2.45) is 0 Å². The van der Waals surface area contributed by atoms with E-state index in [4.69, 9.17) is 14.2 Å². The second kappa shape index (κ2) is 7.33. The van der Waals surface area contributed by atoms with Gasteiger partial charge >= 0.3 is 31.5 Å². The predicted octanol–water partition coefficient (Wildman–Crippen LogP) is 3.29. The number of carbonyl (C=O) groups is 1. The molecule has 1 spiro atoms. The zero-order valence-electron chi connectivity index (χ0n) is 18.6. The molecule has 1 amide bonds. The Labute approximate surface area is 208 Å². The molecule has 1 saturated carbocycles. The Morgan fingerprint density at radius 3 is 2.58 bits per heavy atom. The summed E-state index contributed by atoms with van der Waals surface area (Å²) in [6, 6.07) is 6.40. The number of ether oxygens (including phenoxy) is 1. The highest BCUT2D eigenvalue weighted by Gasteiger charge is 2.97. The number of hydrogen-bond donors (Lipinski definition) is 1. The molecule has 18 heteroatoms. The van der Waals surface area contributed by atoms with Gasteiger partial charge in [0.15, 0.2) is 0 Å². The molecule has 4 saturated heterocycles. The molecule has 0 radical (unpaired) electrons. The van der Waals surface area contributed by atoms with E-state index < -0.39 is 49.4 Å². The first kappa shape index (κ1) is 23.6. The van der Waals surface area contributed by atoms with Crippen molar-refractivity contribution in [2.45, 2.75) is 42.9 Å². The first-order valence-corrected chi connectivity index (χ1v) is 12.5. The number of aromatic nitrogens is 5. The number of aliphatic hydroxyl groups is 1. The van der Waals surface area contributed by atoms with Crippen molar-refractivity contribution in [2.75, 3.05) is 4.90 Å². The zero-order chi connectivity index (χ0) is 26.7. The maximum absolute atomic E-state index is 15.2. The summed E-state index contributed by atoms with van der Waals surface area (Å²) >= 11 is 0. The molecule has 8 rings (SSSR count). The molecule has 0 unspecified atom stereocenters. The SMILES string of the molecule is O=C1O[C@]2(C(F)(F)[C@@H](O)F)OP3(=O)OC2(O3)N1c1ccc(-c2ccc(-c3nnn(C4CC4)n3)nc2)c(F)c1. The summed E-state index contributed by atoms with van der Waals surface area (Å²) in [7, 11) is -4.67. The van der Waals surface area contributed by atoms with Crippen LogP contribution in [0.4, 0.5) is 28.0 Å². The van der Waals surface area contributed by atoms with E-state index in [1.54, 1.807) is 6.07 Å². The molecule has 1 aliphatic carbocycles. The molecule has 5 aliphatic rings. The minimum atomic E-state index is -4.98. The molecule has 2 aromatic heterocycles. The van der Waals surface area contributed by atoms with Gasteiger partial charge in [0.05, 0.1) is 11.7 Å². The number of hydrogen-bond acceptors (Lipinski definition) is 11. The number of alkyl halides is 3. The Hall–Kier alpha value is -3.50. The van der Waals surface area contributed by atoms with Gasteiger partial charge in [0.25, 0.3) is 6.36 Å². The standard InChI is InChI=1S/C20H13F4N6O7P/c21-13-7-11(29-17(32)34-19(18(23,24)16(22)31)20(29)36-38(33,35-19)37-20)4-5-12(13)9-1-6-14(25-8-9)15-26-28-30(27-15)10-2-3-10/h1,4-8,10,16,31H,2-3H2/t16-,19-,20?,38?/m1/s1. The average Bonchev–Trinajstić information content (AvgIpc) is 3.34. The third kappa shape index (κ3) is 2.95. The van der Waals surface area contributed by atoms with E-state index in [-0.39, 0.29) is 16.5 Å². The molecular weight excluding hydrogens is 543 g/mol. The number of halogens is 4. The topological polar surface area (TPSA) is 151 Å². The molecule has 1 aromatic carbocycles. The lowest BCUT2D eigenvalue weighted by Gasteiger charge is -2.40. The number of phosphoric acid groups is 1. The Bertz CT molecular complexity index is 1540. The predicted molar refractivity (Wildman–Crippen MR) is 112 cm³/mol. The molecular formula is C20H13F4N6O7P. The number of amides is 1. The Balaban J connectivity index is 1.20. The van der Waals surface area contributed by atoms with Crippen molar-refractivity contribution in [1.82, 2.24) is 25.2 Å². The number of rotatable bonds is 6. The zero-order valence-corrected chi connectivity index (χ0v) is 19.5. The number of carbonyl (C=O) groups excluding carboxylic acids is 1. The summed E-state index contributed by atoms with van der Waals surface area (Å²) in [5.74, 6) is -12.5. The van der Waals surface area contributed by atoms with Crippen LogP contribution in [0.3, 0.4) is 0 Å². The summed E-state index contributed by atoms with van der Waals surface area (Å²) in [4.78, 5) is 18.6. The second-order valence-electron chi connectivity index (χ2n) is 8.84. The van der Waals surface area contributed by atoms with Gasteiger partial charge in [-0.1, -0.05) is 6.07 Å². The number of phosphoric ester groups is 1. The quantitative estimate of drug-likeness (QED) is 0.352. The Morgan fingerprint density at radius 2 is 1.95 bits per heavy atom. The third-order valence-electron chi connectivity index (χ3n) is 6.39. The van der Waals surface area contributed by atoms with Crippen molar-refractivity contribution in [1.29, 1.82) is 0 Å². The average molecular weight is 556 g/mol. The second-order valence-corrected chi connectivity index (χ2v) is 10.3. The van der Waals surface area contributed by atoms with Gasteiger partial charge in [-0.15, -0.1) is 10.2 Å². The van der Waals surface area contributed by atoms with Crippen LogP contribution in [0.25, 0.3) is 22.6 Å². The molecule has 6 heterocycles. The normalized spacial score (nSPS) is 30.7. The number of nitrogens with zero attached hydrogens (tertiary/aromatic N) is 6. The highest BCUT2D eigenvalue weighted by atomic mass is 31.2. The minimum Gasteiger partial charge on any atom is -0.401 e. The highest BCUT2D eigenvalue weighted by molar-refractivity contribution is 7.50. The number of aliphatic hydroxyl groups excluding tert-OH is 1. The lowest BCUT2D eigenvalue weighted by molar-refractivity contribution is -0.362. The highest BCUT2D eigenvalue weighted by Crippen LogP contribution is 2.82. The molecule has 2 atom stereocenters. The smallest absolute Gasteiger partial charge is 0.401 e. The molecule has 4 aliphatic heterocycles. The maximum atomic E-state index is 15.2. The van der Waals surface area contributed by atoms with Crippen LogP contribution < -0.4 is 4.90 Å². The molecule has 1 N–H and O–H groups in total. The van der Waals surface area contributed by atoms with Gasteiger partial charge in [-0.3, -0.25) is 4.98 Å². The van der Waals surface area contributed by atoms with Gasteiger partial charge in [0.1, 0.15) is 11.5 Å². The van der Waals surface area contributed by atoms with Gasteiger partial charge in [-0.25, -0.2) is 36.6 Å². The molecule has 3 aromatic rings. The van der Waals surface area contributed by atoms with Gasteiger partial charge in [-0.2, -0.15) is 13.6 Å². The Kier molecular flexibility index (Phi) is 4.55. The van der Waals surface area contributed by atoms with Crippen LogP contribution in [-0.4, -0.2) is 60.4 Å². The largest absolute Gasteiger partial charge is 0.487 e. The van der Waals surface area contributed by atoms with Crippen LogP contribution in [0.2, 0.25) is 0 Å². The third-order valence-corrected chi connectivity index (χ3v) is 7.81. The minimum absolute atomic E-state index is 0.00650. The van der Waals surface area contributed by atoms with Gasteiger partial charge in [-0.05, 0) is 42.3 Å². The molecule has 5 fully saturated rings. The Morgan fingerprint density at radius 1 is 1.18 bits per heavy atom. The van der Waals surface area contributed by atoms with E-state index in [1.165, 1.54) is 23.1 Å². The van der Waals surface area contributed by atoms with Crippen LogP contribution in [0.1, 0.15) is 18.9 Å². The van der Waals surface area contributed by atoms with Gasteiger partial charge in [0, 0.05) is 17.3 Å². The number of benzene rings is 1. The monoisotopic (exact) mass is 556 g/mol. The van der Waals surface area contributed by atoms with Gasteiger partial charge in [0.2, 0.25) is 5.82 Å². The van der Waals surface area contributed by atoms with E-state index in [2.05, 4.69) is 29.7 Å². The van der Waals surface area contributed by atoms with Gasteiger partial charge < -0.3 is 9.84 Å². The molecule has 2 bridgehead atoms.